The summed E-state index contributed by atoms with van der Waals surface area (Å²) in [5.74, 6) is 0.480. The van der Waals surface area contributed by atoms with Gasteiger partial charge in [-0.15, -0.1) is 0 Å². The lowest BCUT2D eigenvalue weighted by molar-refractivity contribution is -0.137. The number of halogens is 3. The molecule has 0 radical (unpaired) electrons. The molecular weight excluding hydrogens is 393 g/mol. The number of aromatic nitrogens is 2. The molecule has 0 fully saturated rings. The molecule has 0 aliphatic carbocycles. The minimum Gasteiger partial charge on any atom is -0.497 e. The summed E-state index contributed by atoms with van der Waals surface area (Å²) in [6, 6.07) is 16.6. The lowest BCUT2D eigenvalue weighted by atomic mass is 9.99. The Morgan fingerprint density at radius 2 is 1.53 bits per heavy atom. The monoisotopic (exact) mass is 408 g/mol. The number of rotatable bonds is 4. The molecule has 0 saturated carbocycles. The summed E-state index contributed by atoms with van der Waals surface area (Å²) in [6.45, 7) is 0. The highest BCUT2D eigenvalue weighted by Gasteiger charge is 2.30. The number of alkyl halides is 3. The Labute approximate surface area is 170 Å². The van der Waals surface area contributed by atoms with E-state index >= 15 is 0 Å². The molecule has 0 bridgehead atoms. The smallest absolute Gasteiger partial charge is 0.416 e. The fourth-order valence-corrected chi connectivity index (χ4v) is 3.15. The number of benzene rings is 3. The quantitative estimate of drug-likeness (QED) is 0.415. The molecule has 1 heterocycles. The summed E-state index contributed by atoms with van der Waals surface area (Å²) in [5, 5.41) is 0.642. The maximum Gasteiger partial charge on any atom is 0.416 e. The number of ether oxygens (including phenoxy) is 1. The summed E-state index contributed by atoms with van der Waals surface area (Å²) < 4.78 is 43.5. The number of carbonyl (C=O) groups is 1. The molecule has 1 aromatic heterocycles. The lowest BCUT2D eigenvalue weighted by Crippen LogP contribution is -2.04. The van der Waals surface area contributed by atoms with Gasteiger partial charge in [0, 0.05) is 22.1 Å². The first-order valence-electron chi connectivity index (χ1n) is 8.98. The SMILES string of the molecule is COc1ccc(C(=O)c2ccc3c(-c4ccc(C(F)(F)F)cc4)ncnc3c2)cc1. The molecule has 0 N–H and O–H groups in total. The van der Waals surface area contributed by atoms with Crippen LogP contribution < -0.4 is 4.74 Å². The summed E-state index contributed by atoms with van der Waals surface area (Å²) in [7, 11) is 1.55. The molecular formula is C23H15F3N2O2. The lowest BCUT2D eigenvalue weighted by Gasteiger charge is -2.09. The highest BCUT2D eigenvalue weighted by atomic mass is 19.4. The van der Waals surface area contributed by atoms with E-state index in [0.29, 0.717) is 39.0 Å². The number of hydrogen-bond donors (Lipinski definition) is 0. The van der Waals surface area contributed by atoms with Crippen molar-refractivity contribution in [2.45, 2.75) is 6.18 Å². The average Bonchev–Trinajstić information content (AvgIpc) is 2.77. The fourth-order valence-electron chi connectivity index (χ4n) is 3.15. The van der Waals surface area contributed by atoms with E-state index in [9.17, 15) is 18.0 Å². The van der Waals surface area contributed by atoms with E-state index in [1.165, 1.54) is 18.5 Å². The maximum atomic E-state index is 12.8. The van der Waals surface area contributed by atoms with E-state index < -0.39 is 11.7 Å². The Bertz CT molecular complexity index is 1220. The Kier molecular flexibility index (Phi) is 4.95. The zero-order chi connectivity index (χ0) is 21.3. The predicted molar refractivity (Wildman–Crippen MR) is 106 cm³/mol. The van der Waals surface area contributed by atoms with E-state index in [0.717, 1.165) is 12.1 Å². The minimum absolute atomic E-state index is 0.172. The van der Waals surface area contributed by atoms with Crippen molar-refractivity contribution in [3.05, 3.63) is 89.7 Å². The van der Waals surface area contributed by atoms with Gasteiger partial charge in [0.1, 0.15) is 12.1 Å². The molecule has 7 heteroatoms. The molecule has 3 aromatic carbocycles. The Balaban J connectivity index is 1.70. The fraction of sp³-hybridized carbons (Fsp3) is 0.0870. The van der Waals surface area contributed by atoms with Crippen LogP contribution in [0.25, 0.3) is 22.2 Å². The van der Waals surface area contributed by atoms with Crippen LogP contribution in [0.3, 0.4) is 0 Å². The first-order valence-corrected chi connectivity index (χ1v) is 8.98. The van der Waals surface area contributed by atoms with Crippen LogP contribution >= 0.6 is 0 Å². The summed E-state index contributed by atoms with van der Waals surface area (Å²) in [6.07, 6.45) is -3.07. The molecule has 0 amide bonds. The highest BCUT2D eigenvalue weighted by molar-refractivity contribution is 6.11. The van der Waals surface area contributed by atoms with E-state index in [1.54, 1.807) is 49.6 Å². The van der Waals surface area contributed by atoms with Crippen LogP contribution in [0.15, 0.2) is 73.1 Å². The third-order valence-corrected chi connectivity index (χ3v) is 4.74. The van der Waals surface area contributed by atoms with Gasteiger partial charge in [-0.2, -0.15) is 13.2 Å². The maximum absolute atomic E-state index is 12.8. The van der Waals surface area contributed by atoms with E-state index in [-0.39, 0.29) is 5.78 Å². The van der Waals surface area contributed by atoms with Gasteiger partial charge >= 0.3 is 6.18 Å². The molecule has 0 aliphatic rings. The van der Waals surface area contributed by atoms with Gasteiger partial charge in [-0.25, -0.2) is 9.97 Å². The van der Waals surface area contributed by atoms with E-state index in [4.69, 9.17) is 4.74 Å². The van der Waals surface area contributed by atoms with Crippen LogP contribution in [0.5, 0.6) is 5.75 Å². The van der Waals surface area contributed by atoms with Crippen molar-refractivity contribution >= 4 is 16.7 Å². The standard InChI is InChI=1S/C23H15F3N2O2/c1-30-18-9-4-15(5-10-18)22(29)16-6-11-19-20(12-16)27-13-28-21(19)14-2-7-17(8-3-14)23(24,25)26/h2-13H,1H3. The van der Waals surface area contributed by atoms with Crippen LogP contribution in [0.4, 0.5) is 13.2 Å². The van der Waals surface area contributed by atoms with Crippen LogP contribution in [-0.2, 0) is 6.18 Å². The topological polar surface area (TPSA) is 52.1 Å². The molecule has 0 unspecified atom stereocenters. The van der Waals surface area contributed by atoms with Gasteiger partial charge in [-0.1, -0.05) is 18.2 Å². The first-order chi connectivity index (χ1) is 14.4. The molecule has 0 spiro atoms. The Hall–Kier alpha value is -3.74. The van der Waals surface area contributed by atoms with Crippen molar-refractivity contribution in [1.82, 2.24) is 9.97 Å². The third-order valence-electron chi connectivity index (χ3n) is 4.74. The van der Waals surface area contributed by atoms with Crippen molar-refractivity contribution in [1.29, 1.82) is 0 Å². The van der Waals surface area contributed by atoms with Crippen LogP contribution in [0.1, 0.15) is 21.5 Å². The second-order valence-electron chi connectivity index (χ2n) is 6.59. The zero-order valence-corrected chi connectivity index (χ0v) is 15.8. The van der Waals surface area contributed by atoms with Gasteiger partial charge in [0.2, 0.25) is 0 Å². The zero-order valence-electron chi connectivity index (χ0n) is 15.8. The summed E-state index contributed by atoms with van der Waals surface area (Å²) >= 11 is 0. The number of ketones is 1. The molecule has 30 heavy (non-hydrogen) atoms. The molecule has 0 aliphatic heterocycles. The Morgan fingerprint density at radius 3 is 2.17 bits per heavy atom. The van der Waals surface area contributed by atoms with Gasteiger partial charge in [-0.3, -0.25) is 4.79 Å². The van der Waals surface area contributed by atoms with Crippen molar-refractivity contribution in [3.63, 3.8) is 0 Å². The third kappa shape index (κ3) is 3.74. The molecule has 4 aromatic rings. The van der Waals surface area contributed by atoms with Crippen LogP contribution in [-0.4, -0.2) is 22.9 Å². The molecule has 4 nitrogen and oxygen atoms in total. The van der Waals surface area contributed by atoms with Crippen molar-refractivity contribution < 1.29 is 22.7 Å². The molecule has 4 rings (SSSR count). The van der Waals surface area contributed by atoms with Crippen molar-refractivity contribution in [3.8, 4) is 17.0 Å². The number of carbonyl (C=O) groups excluding carboxylic acids is 1. The number of hydrogen-bond acceptors (Lipinski definition) is 4. The molecule has 0 atom stereocenters. The van der Waals surface area contributed by atoms with E-state index in [1.807, 2.05) is 0 Å². The molecule has 150 valence electrons. The first kappa shape index (κ1) is 19.6. The van der Waals surface area contributed by atoms with Gasteiger partial charge in [-0.05, 0) is 48.5 Å². The highest BCUT2D eigenvalue weighted by Crippen LogP contribution is 2.32. The number of nitrogens with zero attached hydrogens (tertiary/aromatic N) is 2. The van der Waals surface area contributed by atoms with E-state index in [2.05, 4.69) is 9.97 Å². The van der Waals surface area contributed by atoms with Crippen LogP contribution in [0.2, 0.25) is 0 Å². The average molecular weight is 408 g/mol. The van der Waals surface area contributed by atoms with Gasteiger partial charge in [0.25, 0.3) is 0 Å². The number of fused-ring (bicyclic) bond motifs is 1. The number of methoxy groups -OCH3 is 1. The Morgan fingerprint density at radius 1 is 0.867 bits per heavy atom. The van der Waals surface area contributed by atoms with Gasteiger partial charge < -0.3 is 4.74 Å². The summed E-state index contributed by atoms with van der Waals surface area (Å²) in [5.41, 5.74) is 1.79. The second kappa shape index (κ2) is 7.59. The normalized spacial score (nSPS) is 11.5. The minimum atomic E-state index is -4.40. The van der Waals surface area contributed by atoms with Gasteiger partial charge in [0.05, 0.1) is 23.9 Å². The van der Waals surface area contributed by atoms with Gasteiger partial charge in [0.15, 0.2) is 5.78 Å². The van der Waals surface area contributed by atoms with Crippen molar-refractivity contribution in [2.75, 3.05) is 7.11 Å². The molecule has 0 saturated heterocycles. The second-order valence-corrected chi connectivity index (χ2v) is 6.59. The van der Waals surface area contributed by atoms with Crippen LogP contribution in [0, 0.1) is 0 Å². The summed E-state index contributed by atoms with van der Waals surface area (Å²) in [4.78, 5) is 21.2. The largest absolute Gasteiger partial charge is 0.497 e. The van der Waals surface area contributed by atoms with Crippen molar-refractivity contribution in [2.24, 2.45) is 0 Å². The predicted octanol–water partition coefficient (Wildman–Crippen LogP) is 5.56.